The molecule has 174 valence electrons. The van der Waals surface area contributed by atoms with Gasteiger partial charge in [0.05, 0.1) is 34.8 Å². The minimum Gasteiger partial charge on any atom is -0.493 e. The molecule has 1 atom stereocenters. The number of anilines is 1. The van der Waals surface area contributed by atoms with E-state index >= 15 is 0 Å². The zero-order valence-electron chi connectivity index (χ0n) is 17.8. The standard InChI is InChI=1S/C23H22Cl2N2O5S/c1-31-20-12-11-16(14-21(20)32-2)33(29,30)27-19(13-15-7-4-3-5-8-15)23(28)26-18-10-6-9-17(24)22(18)25/h3-12,14,19,27H,13H2,1-2H3,(H,26,28). The van der Waals surface area contributed by atoms with Gasteiger partial charge < -0.3 is 14.8 Å². The van der Waals surface area contributed by atoms with Crippen LogP contribution in [0.1, 0.15) is 5.56 Å². The molecule has 0 spiro atoms. The number of rotatable bonds is 9. The van der Waals surface area contributed by atoms with Crippen molar-refractivity contribution in [1.29, 1.82) is 0 Å². The van der Waals surface area contributed by atoms with Gasteiger partial charge in [-0.1, -0.05) is 59.6 Å². The third-order valence-corrected chi connectivity index (χ3v) is 7.06. The molecule has 0 aromatic heterocycles. The molecule has 0 fully saturated rings. The number of carbonyl (C=O) groups excluding carboxylic acids is 1. The van der Waals surface area contributed by atoms with Gasteiger partial charge in [0.25, 0.3) is 0 Å². The van der Waals surface area contributed by atoms with E-state index in [1.807, 2.05) is 6.07 Å². The fourth-order valence-electron chi connectivity index (χ4n) is 3.10. The summed E-state index contributed by atoms with van der Waals surface area (Å²) >= 11 is 12.2. The van der Waals surface area contributed by atoms with Crippen LogP contribution in [0.5, 0.6) is 11.5 Å². The van der Waals surface area contributed by atoms with Crippen molar-refractivity contribution >= 4 is 44.8 Å². The molecular weight excluding hydrogens is 487 g/mol. The van der Waals surface area contributed by atoms with Gasteiger partial charge >= 0.3 is 0 Å². The average Bonchev–Trinajstić information content (AvgIpc) is 2.81. The first kappa shape index (κ1) is 24.9. The molecule has 1 unspecified atom stereocenters. The van der Waals surface area contributed by atoms with Crippen LogP contribution in [-0.4, -0.2) is 34.6 Å². The Balaban J connectivity index is 1.92. The van der Waals surface area contributed by atoms with Crippen LogP contribution >= 0.6 is 23.2 Å². The summed E-state index contributed by atoms with van der Waals surface area (Å²) in [5.41, 5.74) is 1.04. The van der Waals surface area contributed by atoms with Crippen LogP contribution in [0, 0.1) is 0 Å². The lowest BCUT2D eigenvalue weighted by molar-refractivity contribution is -0.117. The Morgan fingerprint density at radius 3 is 2.30 bits per heavy atom. The number of sulfonamides is 1. The lowest BCUT2D eigenvalue weighted by atomic mass is 10.1. The van der Waals surface area contributed by atoms with Crippen molar-refractivity contribution in [3.8, 4) is 11.5 Å². The van der Waals surface area contributed by atoms with Crippen LogP contribution in [0.25, 0.3) is 0 Å². The molecule has 3 aromatic carbocycles. The van der Waals surface area contributed by atoms with Gasteiger partial charge in [-0.2, -0.15) is 4.72 Å². The quantitative estimate of drug-likeness (QED) is 0.442. The van der Waals surface area contributed by atoms with Crippen LogP contribution in [0.2, 0.25) is 10.0 Å². The highest BCUT2D eigenvalue weighted by Crippen LogP contribution is 2.31. The molecule has 1 amide bonds. The number of halogens is 2. The number of hydrogen-bond donors (Lipinski definition) is 2. The van der Waals surface area contributed by atoms with Crippen LogP contribution < -0.4 is 19.5 Å². The maximum atomic E-state index is 13.1. The van der Waals surface area contributed by atoms with Crippen molar-refractivity contribution in [2.75, 3.05) is 19.5 Å². The Kier molecular flexibility index (Phi) is 8.20. The first-order valence-electron chi connectivity index (χ1n) is 9.78. The minimum absolute atomic E-state index is 0.0770. The Hall–Kier alpha value is -2.78. The summed E-state index contributed by atoms with van der Waals surface area (Å²) in [5.74, 6) is 0.0350. The number of hydrogen-bond acceptors (Lipinski definition) is 5. The second-order valence-electron chi connectivity index (χ2n) is 6.97. The van der Waals surface area contributed by atoms with Crippen molar-refractivity contribution in [2.45, 2.75) is 17.4 Å². The molecule has 0 bridgehead atoms. The fourth-order valence-corrected chi connectivity index (χ4v) is 4.66. The second kappa shape index (κ2) is 10.9. The lowest BCUT2D eigenvalue weighted by Gasteiger charge is -2.20. The fraction of sp³-hybridized carbons (Fsp3) is 0.174. The van der Waals surface area contributed by atoms with E-state index in [0.29, 0.717) is 5.75 Å². The number of nitrogens with one attached hydrogen (secondary N) is 2. The van der Waals surface area contributed by atoms with E-state index in [0.717, 1.165) is 5.56 Å². The maximum absolute atomic E-state index is 13.1. The minimum atomic E-state index is -4.10. The van der Waals surface area contributed by atoms with Gasteiger partial charge in [-0.25, -0.2) is 8.42 Å². The first-order chi connectivity index (χ1) is 15.7. The molecule has 10 heteroatoms. The first-order valence-corrected chi connectivity index (χ1v) is 12.0. The van der Waals surface area contributed by atoms with Crippen molar-refractivity contribution in [3.63, 3.8) is 0 Å². The second-order valence-corrected chi connectivity index (χ2v) is 9.47. The van der Waals surface area contributed by atoms with Crippen LogP contribution in [0.3, 0.4) is 0 Å². The Morgan fingerprint density at radius 2 is 1.64 bits per heavy atom. The van der Waals surface area contributed by atoms with Crippen molar-refractivity contribution in [2.24, 2.45) is 0 Å². The summed E-state index contributed by atoms with van der Waals surface area (Å²) in [6.07, 6.45) is 0.109. The van der Waals surface area contributed by atoms with Gasteiger partial charge in [0.2, 0.25) is 15.9 Å². The maximum Gasteiger partial charge on any atom is 0.242 e. The molecule has 0 aliphatic heterocycles. The van der Waals surface area contributed by atoms with Crippen LogP contribution in [0.4, 0.5) is 5.69 Å². The van der Waals surface area contributed by atoms with E-state index in [1.165, 1.54) is 32.4 Å². The summed E-state index contributed by atoms with van der Waals surface area (Å²) in [6.45, 7) is 0. The summed E-state index contributed by atoms with van der Waals surface area (Å²) < 4.78 is 39.1. The molecule has 3 rings (SSSR count). The van der Waals surface area contributed by atoms with E-state index in [4.69, 9.17) is 32.7 Å². The normalized spacial score (nSPS) is 12.1. The average molecular weight is 509 g/mol. The molecule has 33 heavy (non-hydrogen) atoms. The predicted molar refractivity (Wildman–Crippen MR) is 129 cm³/mol. The topological polar surface area (TPSA) is 93.7 Å². The smallest absolute Gasteiger partial charge is 0.242 e. The van der Waals surface area contributed by atoms with E-state index in [-0.39, 0.29) is 32.8 Å². The highest BCUT2D eigenvalue weighted by atomic mass is 35.5. The van der Waals surface area contributed by atoms with E-state index in [9.17, 15) is 13.2 Å². The largest absolute Gasteiger partial charge is 0.493 e. The number of methoxy groups -OCH3 is 2. The molecule has 0 saturated heterocycles. The Labute approximate surface area is 202 Å². The summed E-state index contributed by atoms with van der Waals surface area (Å²) in [5, 5.41) is 3.08. The summed E-state index contributed by atoms with van der Waals surface area (Å²) in [4.78, 5) is 13.1. The molecule has 0 saturated carbocycles. The Morgan fingerprint density at radius 1 is 0.939 bits per heavy atom. The van der Waals surface area contributed by atoms with Gasteiger partial charge in [0, 0.05) is 6.07 Å². The lowest BCUT2D eigenvalue weighted by Crippen LogP contribution is -2.45. The number of benzene rings is 3. The molecule has 0 aliphatic carbocycles. The number of amides is 1. The van der Waals surface area contributed by atoms with Crippen molar-refractivity contribution in [3.05, 3.63) is 82.3 Å². The monoisotopic (exact) mass is 508 g/mol. The third kappa shape index (κ3) is 6.17. The van der Waals surface area contributed by atoms with Crippen LogP contribution in [0.15, 0.2) is 71.6 Å². The summed E-state index contributed by atoms with van der Waals surface area (Å²) in [7, 11) is -1.24. The zero-order chi connectivity index (χ0) is 24.0. The number of ether oxygens (including phenoxy) is 2. The van der Waals surface area contributed by atoms with Gasteiger partial charge in [0.1, 0.15) is 6.04 Å². The van der Waals surface area contributed by atoms with Gasteiger partial charge in [-0.05, 0) is 36.2 Å². The summed E-state index contributed by atoms with van der Waals surface area (Å²) in [6, 6.07) is 16.9. The van der Waals surface area contributed by atoms with Crippen LogP contribution in [-0.2, 0) is 21.2 Å². The SMILES string of the molecule is COc1ccc(S(=O)(=O)NC(Cc2ccccc2)C(=O)Nc2cccc(Cl)c2Cl)cc1OC. The molecule has 0 aliphatic rings. The molecule has 7 nitrogen and oxygen atoms in total. The molecule has 3 aromatic rings. The zero-order valence-corrected chi connectivity index (χ0v) is 20.2. The molecule has 0 heterocycles. The highest BCUT2D eigenvalue weighted by molar-refractivity contribution is 7.89. The molecular formula is C23H22Cl2N2O5S. The van der Waals surface area contributed by atoms with Crippen molar-refractivity contribution < 1.29 is 22.7 Å². The van der Waals surface area contributed by atoms with E-state index in [2.05, 4.69) is 10.0 Å². The van der Waals surface area contributed by atoms with E-state index in [1.54, 1.807) is 42.5 Å². The predicted octanol–water partition coefficient (Wildman–Crippen LogP) is 4.54. The van der Waals surface area contributed by atoms with E-state index < -0.39 is 22.0 Å². The van der Waals surface area contributed by atoms with Crippen molar-refractivity contribution in [1.82, 2.24) is 4.72 Å². The van der Waals surface area contributed by atoms with Gasteiger partial charge in [-0.15, -0.1) is 0 Å². The van der Waals surface area contributed by atoms with Gasteiger partial charge in [0.15, 0.2) is 11.5 Å². The third-order valence-electron chi connectivity index (χ3n) is 4.77. The molecule has 0 radical (unpaired) electrons. The highest BCUT2D eigenvalue weighted by Gasteiger charge is 2.27. The van der Waals surface area contributed by atoms with Gasteiger partial charge in [-0.3, -0.25) is 4.79 Å². The Bertz CT molecular complexity index is 1240. The molecule has 2 N–H and O–H groups in total. The number of carbonyl (C=O) groups is 1.